The Morgan fingerprint density at radius 3 is 2.83 bits per heavy atom. The molecule has 180 valence electrons. The van der Waals surface area contributed by atoms with Crippen molar-refractivity contribution in [2.45, 2.75) is 63.6 Å². The zero-order valence-electron chi connectivity index (χ0n) is 20.1. The number of pyridine rings is 1. The van der Waals surface area contributed by atoms with Crippen LogP contribution in [0.3, 0.4) is 0 Å². The molecular weight excluding hydrogens is 444 g/mol. The molecule has 4 aliphatic rings. The molecule has 0 spiro atoms. The highest BCUT2D eigenvalue weighted by Crippen LogP contribution is 2.58. The number of aryl methyl sites for hydroxylation is 1. The number of nitrogens with zero attached hydrogens (tertiary/aromatic N) is 5. The Balaban J connectivity index is 1.26. The Kier molecular flexibility index (Phi) is 4.20. The molecular formula is C26H28N6O3. The van der Waals surface area contributed by atoms with Gasteiger partial charge < -0.3 is 19.2 Å². The Morgan fingerprint density at radius 1 is 1.26 bits per heavy atom. The molecule has 9 heteroatoms. The van der Waals surface area contributed by atoms with E-state index < -0.39 is 0 Å². The topological polar surface area (TPSA) is 95.1 Å². The van der Waals surface area contributed by atoms with Gasteiger partial charge in [-0.1, -0.05) is 0 Å². The quantitative estimate of drug-likeness (QED) is 0.457. The molecule has 4 fully saturated rings. The molecule has 9 nitrogen and oxygen atoms in total. The van der Waals surface area contributed by atoms with E-state index in [1.807, 2.05) is 36.0 Å². The van der Waals surface area contributed by atoms with Gasteiger partial charge in [0.2, 0.25) is 0 Å². The third-order valence-corrected chi connectivity index (χ3v) is 7.80. The van der Waals surface area contributed by atoms with Crippen molar-refractivity contribution in [3.63, 3.8) is 0 Å². The maximum atomic E-state index is 13.5. The van der Waals surface area contributed by atoms with Gasteiger partial charge in [-0.15, -0.1) is 0 Å². The van der Waals surface area contributed by atoms with Gasteiger partial charge in [-0.2, -0.15) is 5.10 Å². The van der Waals surface area contributed by atoms with Gasteiger partial charge in [0.1, 0.15) is 17.1 Å². The Morgan fingerprint density at radius 2 is 2.09 bits per heavy atom. The summed E-state index contributed by atoms with van der Waals surface area (Å²) in [5.41, 5.74) is 4.35. The predicted octanol–water partition coefficient (Wildman–Crippen LogP) is 3.94. The average molecular weight is 473 g/mol. The second-order valence-corrected chi connectivity index (χ2v) is 10.9. The molecule has 1 N–H and O–H groups in total. The summed E-state index contributed by atoms with van der Waals surface area (Å²) in [6, 6.07) is 1.89. The first-order chi connectivity index (χ1) is 16.8. The van der Waals surface area contributed by atoms with Crippen LogP contribution in [-0.2, 0) is 10.2 Å². The van der Waals surface area contributed by atoms with Gasteiger partial charge in [0, 0.05) is 36.3 Å². The summed E-state index contributed by atoms with van der Waals surface area (Å²) in [5.74, 6) is 0.813. The molecule has 0 radical (unpaired) electrons. The van der Waals surface area contributed by atoms with Crippen molar-refractivity contribution in [3.8, 4) is 5.75 Å². The summed E-state index contributed by atoms with van der Waals surface area (Å²) in [6.45, 7) is 6.89. The minimum Gasteiger partial charge on any atom is -0.489 e. The number of carbonyl (C=O) groups is 1. The lowest BCUT2D eigenvalue weighted by Crippen LogP contribution is -2.45. The first kappa shape index (κ1) is 20.9. The Bertz CT molecular complexity index is 1490. The molecule has 1 atom stereocenters. The largest absolute Gasteiger partial charge is 0.489 e. The molecule has 0 aromatic carbocycles. The van der Waals surface area contributed by atoms with Gasteiger partial charge >= 0.3 is 0 Å². The SMILES string of the molecule is Cc1cnc2c(NC(=O)c3cn4cc(C56COC(C)(C5)C6)nc4cc3O[C@@H](C)C3CC3)cnn2c1. The highest BCUT2D eigenvalue weighted by molar-refractivity contribution is 6.07. The molecule has 35 heavy (non-hydrogen) atoms. The van der Waals surface area contributed by atoms with Crippen LogP contribution in [0.15, 0.2) is 37.1 Å². The number of ether oxygens (including phenoxy) is 2. The van der Waals surface area contributed by atoms with Crippen molar-refractivity contribution in [1.29, 1.82) is 0 Å². The molecule has 6 heterocycles. The van der Waals surface area contributed by atoms with E-state index in [2.05, 4.69) is 29.2 Å². The third kappa shape index (κ3) is 3.32. The third-order valence-electron chi connectivity index (χ3n) is 7.80. The number of nitrogens with one attached hydrogen (secondary N) is 1. The number of hydrogen-bond donors (Lipinski definition) is 1. The van der Waals surface area contributed by atoms with E-state index in [4.69, 9.17) is 14.5 Å². The first-order valence-electron chi connectivity index (χ1n) is 12.3. The van der Waals surface area contributed by atoms with Crippen LogP contribution >= 0.6 is 0 Å². The van der Waals surface area contributed by atoms with Crippen LogP contribution in [0.2, 0.25) is 0 Å². The van der Waals surface area contributed by atoms with Crippen molar-refractivity contribution < 1.29 is 14.3 Å². The van der Waals surface area contributed by atoms with Crippen molar-refractivity contribution in [2.75, 3.05) is 11.9 Å². The van der Waals surface area contributed by atoms with Crippen molar-refractivity contribution in [2.24, 2.45) is 5.92 Å². The minimum atomic E-state index is -0.268. The van der Waals surface area contributed by atoms with E-state index in [0.717, 1.165) is 42.6 Å². The summed E-state index contributed by atoms with van der Waals surface area (Å²) in [4.78, 5) is 22.9. The fraction of sp³-hybridized carbons (Fsp3) is 0.462. The van der Waals surface area contributed by atoms with E-state index >= 15 is 0 Å². The molecule has 4 aromatic rings. The van der Waals surface area contributed by atoms with E-state index in [0.29, 0.717) is 35.2 Å². The lowest BCUT2D eigenvalue weighted by atomic mass is 9.62. The fourth-order valence-electron chi connectivity index (χ4n) is 5.80. The molecule has 2 bridgehead atoms. The molecule has 2 saturated carbocycles. The first-order valence-corrected chi connectivity index (χ1v) is 12.3. The lowest BCUT2D eigenvalue weighted by Gasteiger charge is -2.41. The van der Waals surface area contributed by atoms with Crippen LogP contribution in [0.4, 0.5) is 5.69 Å². The molecule has 2 aliphatic heterocycles. The van der Waals surface area contributed by atoms with Crippen LogP contribution in [0, 0.1) is 12.8 Å². The molecule has 0 unspecified atom stereocenters. The smallest absolute Gasteiger partial charge is 0.261 e. The van der Waals surface area contributed by atoms with Crippen LogP contribution in [0.25, 0.3) is 11.3 Å². The van der Waals surface area contributed by atoms with Crippen molar-refractivity contribution in [3.05, 3.63) is 53.9 Å². The monoisotopic (exact) mass is 472 g/mol. The van der Waals surface area contributed by atoms with Gasteiger partial charge in [-0.3, -0.25) is 4.79 Å². The van der Waals surface area contributed by atoms with Gasteiger partial charge in [0.05, 0.1) is 35.8 Å². The summed E-state index contributed by atoms with van der Waals surface area (Å²) in [7, 11) is 0. The van der Waals surface area contributed by atoms with Gasteiger partial charge in [0.25, 0.3) is 5.91 Å². The van der Waals surface area contributed by atoms with Gasteiger partial charge in [-0.25, -0.2) is 14.5 Å². The minimum absolute atomic E-state index is 0.0181. The Hall–Kier alpha value is -3.46. The summed E-state index contributed by atoms with van der Waals surface area (Å²) < 4.78 is 15.9. The van der Waals surface area contributed by atoms with Crippen molar-refractivity contribution in [1.82, 2.24) is 24.0 Å². The van der Waals surface area contributed by atoms with E-state index in [1.165, 1.54) is 0 Å². The number of rotatable bonds is 6. The predicted molar refractivity (Wildman–Crippen MR) is 129 cm³/mol. The second kappa shape index (κ2) is 7.04. The lowest BCUT2D eigenvalue weighted by molar-refractivity contribution is 0.0154. The number of anilines is 1. The number of amides is 1. The highest BCUT2D eigenvalue weighted by atomic mass is 16.5. The second-order valence-electron chi connectivity index (χ2n) is 10.9. The number of aromatic nitrogens is 5. The zero-order valence-corrected chi connectivity index (χ0v) is 20.1. The molecule has 4 aromatic heterocycles. The number of imidazole rings is 1. The average Bonchev–Trinajstić information content (AvgIpc) is 3.14. The van der Waals surface area contributed by atoms with Gasteiger partial charge in [0.15, 0.2) is 5.65 Å². The molecule has 1 amide bonds. The summed E-state index contributed by atoms with van der Waals surface area (Å²) in [5, 5.41) is 7.31. The molecule has 2 saturated heterocycles. The van der Waals surface area contributed by atoms with E-state index in [-0.39, 0.29) is 23.0 Å². The Labute approximate surface area is 202 Å². The van der Waals surface area contributed by atoms with Gasteiger partial charge in [-0.05, 0) is 57.9 Å². The summed E-state index contributed by atoms with van der Waals surface area (Å²) >= 11 is 0. The van der Waals surface area contributed by atoms with Crippen molar-refractivity contribution >= 4 is 22.9 Å². The van der Waals surface area contributed by atoms with Crippen LogP contribution < -0.4 is 10.1 Å². The zero-order chi connectivity index (χ0) is 23.9. The maximum Gasteiger partial charge on any atom is 0.261 e. The highest BCUT2D eigenvalue weighted by Gasteiger charge is 2.61. The molecule has 8 rings (SSSR count). The van der Waals surface area contributed by atoms with E-state index in [9.17, 15) is 4.79 Å². The van der Waals surface area contributed by atoms with Crippen LogP contribution in [0.5, 0.6) is 5.75 Å². The molecule has 2 aliphatic carbocycles. The number of hydrogen-bond acceptors (Lipinski definition) is 6. The number of carbonyl (C=O) groups excluding carboxylic acids is 1. The van der Waals surface area contributed by atoms with Crippen LogP contribution in [-0.4, -0.2) is 48.2 Å². The maximum absolute atomic E-state index is 13.5. The fourth-order valence-corrected chi connectivity index (χ4v) is 5.80. The number of fused-ring (bicyclic) bond motifs is 3. The standard InChI is InChI=1S/C26H28N6O3/c1-15-7-27-23-19(8-28-32(23)9-15)29-24(33)18-10-31-11-21(26-12-25(3,13-26)34-14-26)30-22(31)6-20(18)35-16(2)17-4-5-17/h6-11,16-17H,4-5,12-14H2,1-3H3,(H,29,33)/t16-,25?,26?/m0/s1. The van der Waals surface area contributed by atoms with Crippen LogP contribution in [0.1, 0.15) is 61.1 Å². The normalized spacial score (nSPS) is 26.1. The summed E-state index contributed by atoms with van der Waals surface area (Å²) in [6.07, 6.45) is 13.4. The van der Waals surface area contributed by atoms with E-state index in [1.54, 1.807) is 16.9 Å².